The molecular formula is C7H4Br2F3NO2. The number of hydrogen-bond donors (Lipinski definition) is 1. The van der Waals surface area contributed by atoms with Crippen LogP contribution in [-0.2, 0) is 6.61 Å². The standard InChI is InChI=1S/C7H4Br2F3NO2/c8-3-1-5(9)13-4(2-14)6(3)15-7(10,11)12/h1,14H,2H2. The number of aliphatic hydroxyl groups excluding tert-OH is 1. The van der Waals surface area contributed by atoms with E-state index in [1.807, 2.05) is 0 Å². The lowest BCUT2D eigenvalue weighted by Crippen LogP contribution is -2.19. The van der Waals surface area contributed by atoms with Gasteiger partial charge in [0.25, 0.3) is 0 Å². The van der Waals surface area contributed by atoms with E-state index in [0.29, 0.717) is 4.60 Å². The third-order valence-electron chi connectivity index (χ3n) is 1.33. The van der Waals surface area contributed by atoms with Crippen LogP contribution in [0.2, 0.25) is 0 Å². The molecule has 0 unspecified atom stereocenters. The summed E-state index contributed by atoms with van der Waals surface area (Å²) in [5.41, 5.74) is -0.200. The van der Waals surface area contributed by atoms with Crippen LogP contribution in [0.4, 0.5) is 13.2 Å². The van der Waals surface area contributed by atoms with Crippen LogP contribution in [0, 0.1) is 0 Å². The molecule has 0 saturated heterocycles. The van der Waals surface area contributed by atoms with Gasteiger partial charge in [-0.05, 0) is 37.9 Å². The molecule has 8 heteroatoms. The second kappa shape index (κ2) is 4.67. The van der Waals surface area contributed by atoms with Crippen molar-refractivity contribution in [3.05, 3.63) is 20.8 Å². The van der Waals surface area contributed by atoms with Crippen molar-refractivity contribution in [2.45, 2.75) is 13.0 Å². The van der Waals surface area contributed by atoms with Gasteiger partial charge in [-0.1, -0.05) is 0 Å². The van der Waals surface area contributed by atoms with Gasteiger partial charge in [-0.15, -0.1) is 13.2 Å². The van der Waals surface area contributed by atoms with Gasteiger partial charge in [0.05, 0.1) is 11.1 Å². The van der Waals surface area contributed by atoms with Crippen LogP contribution >= 0.6 is 31.9 Å². The molecule has 0 spiro atoms. The molecule has 1 rings (SSSR count). The molecule has 0 aliphatic rings. The summed E-state index contributed by atoms with van der Waals surface area (Å²) in [5.74, 6) is -0.534. The Morgan fingerprint density at radius 2 is 2.00 bits per heavy atom. The topological polar surface area (TPSA) is 42.4 Å². The van der Waals surface area contributed by atoms with Crippen molar-refractivity contribution < 1.29 is 23.0 Å². The highest BCUT2D eigenvalue weighted by molar-refractivity contribution is 9.11. The lowest BCUT2D eigenvalue weighted by Gasteiger charge is -2.13. The Balaban J connectivity index is 3.15. The number of alkyl halides is 3. The lowest BCUT2D eigenvalue weighted by atomic mass is 10.3. The van der Waals surface area contributed by atoms with Crippen LogP contribution in [0.25, 0.3) is 0 Å². The zero-order valence-corrected chi connectivity index (χ0v) is 10.1. The number of aromatic nitrogens is 1. The quantitative estimate of drug-likeness (QED) is 0.834. The molecule has 1 aromatic heterocycles. The van der Waals surface area contributed by atoms with Crippen molar-refractivity contribution in [3.63, 3.8) is 0 Å². The maximum Gasteiger partial charge on any atom is 0.573 e. The molecule has 0 radical (unpaired) electrons. The summed E-state index contributed by atoms with van der Waals surface area (Å²) >= 11 is 5.86. The minimum Gasteiger partial charge on any atom is -0.403 e. The van der Waals surface area contributed by atoms with Gasteiger partial charge in [-0.2, -0.15) is 0 Å². The molecule has 0 atom stereocenters. The monoisotopic (exact) mass is 349 g/mol. The van der Waals surface area contributed by atoms with Crippen LogP contribution in [0.5, 0.6) is 5.75 Å². The lowest BCUT2D eigenvalue weighted by molar-refractivity contribution is -0.275. The molecule has 1 aromatic rings. The van der Waals surface area contributed by atoms with E-state index in [2.05, 4.69) is 41.6 Å². The molecule has 1 heterocycles. The third kappa shape index (κ3) is 3.62. The van der Waals surface area contributed by atoms with E-state index in [4.69, 9.17) is 5.11 Å². The van der Waals surface area contributed by atoms with Crippen molar-refractivity contribution >= 4 is 31.9 Å². The van der Waals surface area contributed by atoms with E-state index in [1.165, 1.54) is 6.07 Å². The molecule has 15 heavy (non-hydrogen) atoms. The second-order valence-corrected chi connectivity index (χ2v) is 4.08. The van der Waals surface area contributed by atoms with Gasteiger partial charge in [-0.25, -0.2) is 4.98 Å². The molecule has 0 bridgehead atoms. The Kier molecular flexibility index (Phi) is 3.96. The number of hydrogen-bond acceptors (Lipinski definition) is 3. The van der Waals surface area contributed by atoms with E-state index in [9.17, 15) is 13.2 Å². The van der Waals surface area contributed by atoms with Crippen LogP contribution in [0.15, 0.2) is 15.1 Å². The molecule has 0 aromatic carbocycles. The molecule has 1 N–H and O–H groups in total. The largest absolute Gasteiger partial charge is 0.573 e. The first kappa shape index (κ1) is 12.7. The van der Waals surface area contributed by atoms with Crippen LogP contribution < -0.4 is 4.74 Å². The smallest absolute Gasteiger partial charge is 0.403 e. The normalized spacial score (nSPS) is 11.6. The number of rotatable bonds is 2. The fourth-order valence-electron chi connectivity index (χ4n) is 0.850. The predicted molar refractivity (Wildman–Crippen MR) is 52.2 cm³/mol. The summed E-state index contributed by atoms with van der Waals surface area (Å²) in [4.78, 5) is 3.65. The average molecular weight is 351 g/mol. The molecule has 0 fully saturated rings. The van der Waals surface area contributed by atoms with Gasteiger partial charge in [0.2, 0.25) is 0 Å². The minimum atomic E-state index is -4.82. The van der Waals surface area contributed by atoms with Gasteiger partial charge < -0.3 is 9.84 Å². The van der Waals surface area contributed by atoms with E-state index < -0.39 is 18.7 Å². The van der Waals surface area contributed by atoms with Crippen molar-refractivity contribution in [1.82, 2.24) is 4.98 Å². The van der Waals surface area contributed by atoms with Crippen LogP contribution in [0.3, 0.4) is 0 Å². The van der Waals surface area contributed by atoms with Gasteiger partial charge in [-0.3, -0.25) is 0 Å². The Hall–Kier alpha value is -0.340. The first-order valence-electron chi connectivity index (χ1n) is 3.55. The number of halogens is 5. The maximum atomic E-state index is 12.0. The van der Waals surface area contributed by atoms with E-state index in [0.717, 1.165) is 0 Å². The number of pyridine rings is 1. The van der Waals surface area contributed by atoms with Gasteiger partial charge in [0.1, 0.15) is 10.3 Å². The number of aliphatic hydroxyl groups is 1. The fourth-order valence-corrected chi connectivity index (χ4v) is 2.13. The first-order chi connectivity index (χ1) is 6.83. The molecule has 0 amide bonds. The Morgan fingerprint density at radius 1 is 1.40 bits per heavy atom. The summed E-state index contributed by atoms with van der Waals surface area (Å²) in [7, 11) is 0. The summed E-state index contributed by atoms with van der Waals surface area (Å²) in [5, 5.41) is 8.81. The Labute approximate surface area is 99.5 Å². The van der Waals surface area contributed by atoms with Crippen molar-refractivity contribution in [3.8, 4) is 5.75 Å². The van der Waals surface area contributed by atoms with Crippen LogP contribution in [0.1, 0.15) is 5.69 Å². The summed E-state index contributed by atoms with van der Waals surface area (Å²) in [6, 6.07) is 1.29. The highest BCUT2D eigenvalue weighted by atomic mass is 79.9. The summed E-state index contributed by atoms with van der Waals surface area (Å²) < 4.78 is 40.0. The summed E-state index contributed by atoms with van der Waals surface area (Å²) in [6.45, 7) is -0.649. The van der Waals surface area contributed by atoms with Crippen LogP contribution in [-0.4, -0.2) is 16.5 Å². The number of nitrogens with zero attached hydrogens (tertiary/aromatic N) is 1. The fraction of sp³-hybridized carbons (Fsp3) is 0.286. The average Bonchev–Trinajstić information content (AvgIpc) is 2.07. The Morgan fingerprint density at radius 3 is 2.47 bits per heavy atom. The zero-order chi connectivity index (χ0) is 11.6. The van der Waals surface area contributed by atoms with E-state index >= 15 is 0 Å². The second-order valence-electron chi connectivity index (χ2n) is 2.41. The maximum absolute atomic E-state index is 12.0. The molecular weight excluding hydrogens is 347 g/mol. The number of ether oxygens (including phenoxy) is 1. The highest BCUT2D eigenvalue weighted by Crippen LogP contribution is 2.34. The van der Waals surface area contributed by atoms with E-state index in [-0.39, 0.29) is 10.2 Å². The molecule has 84 valence electrons. The van der Waals surface area contributed by atoms with Gasteiger partial charge in [0.15, 0.2) is 5.75 Å². The first-order valence-corrected chi connectivity index (χ1v) is 5.13. The minimum absolute atomic E-state index is 0.0609. The molecule has 3 nitrogen and oxygen atoms in total. The van der Waals surface area contributed by atoms with E-state index in [1.54, 1.807) is 0 Å². The summed E-state index contributed by atoms with van der Waals surface area (Å²) in [6.07, 6.45) is -4.82. The molecule has 0 aliphatic heterocycles. The molecule has 0 aliphatic carbocycles. The SMILES string of the molecule is OCc1nc(Br)cc(Br)c1OC(F)(F)F. The Bertz CT molecular complexity index is 370. The van der Waals surface area contributed by atoms with Crippen molar-refractivity contribution in [2.24, 2.45) is 0 Å². The predicted octanol–water partition coefficient (Wildman–Crippen LogP) is 3.00. The van der Waals surface area contributed by atoms with Crippen molar-refractivity contribution in [2.75, 3.05) is 0 Å². The highest BCUT2D eigenvalue weighted by Gasteiger charge is 2.33. The van der Waals surface area contributed by atoms with Crippen molar-refractivity contribution in [1.29, 1.82) is 0 Å². The van der Waals surface area contributed by atoms with Gasteiger partial charge >= 0.3 is 6.36 Å². The third-order valence-corrected chi connectivity index (χ3v) is 2.33. The molecule has 0 saturated carbocycles. The van der Waals surface area contributed by atoms with Gasteiger partial charge in [0, 0.05) is 0 Å². The zero-order valence-electron chi connectivity index (χ0n) is 6.98.